The first kappa shape index (κ1) is 17.3. The van der Waals surface area contributed by atoms with Gasteiger partial charge in [-0.1, -0.05) is 25.1 Å². The number of nitrogens with one attached hydrogen (secondary N) is 1. The summed E-state index contributed by atoms with van der Waals surface area (Å²) >= 11 is 0. The number of nitrogens with zero attached hydrogens (tertiary/aromatic N) is 1. The zero-order valence-electron chi connectivity index (χ0n) is 15.0. The van der Waals surface area contributed by atoms with Crippen LogP contribution in [0.3, 0.4) is 0 Å². The van der Waals surface area contributed by atoms with Crippen molar-refractivity contribution >= 4 is 17.3 Å². The molecule has 0 unspecified atom stereocenters. The molecule has 1 N–H and O–H groups in total. The molecule has 1 amide bonds. The van der Waals surface area contributed by atoms with E-state index in [1.165, 1.54) is 18.5 Å². The van der Waals surface area contributed by atoms with Gasteiger partial charge in [-0.15, -0.1) is 0 Å². The fourth-order valence-corrected chi connectivity index (χ4v) is 3.25. The summed E-state index contributed by atoms with van der Waals surface area (Å²) in [7, 11) is 1.62. The molecule has 1 aliphatic heterocycles. The monoisotopic (exact) mass is 338 g/mol. The number of carbonyl (C=O) groups excluding carboxylic acids is 1. The molecule has 3 rings (SSSR count). The van der Waals surface area contributed by atoms with Crippen LogP contribution in [0.25, 0.3) is 0 Å². The molecule has 4 nitrogen and oxygen atoms in total. The van der Waals surface area contributed by atoms with Gasteiger partial charge in [0.05, 0.1) is 13.5 Å². The van der Waals surface area contributed by atoms with Crippen molar-refractivity contribution in [3.8, 4) is 5.75 Å². The van der Waals surface area contributed by atoms with Crippen LogP contribution in [0.2, 0.25) is 0 Å². The minimum Gasteiger partial charge on any atom is -0.496 e. The lowest BCUT2D eigenvalue weighted by atomic mass is 9.99. The van der Waals surface area contributed by atoms with Crippen LogP contribution in [0.4, 0.5) is 11.4 Å². The van der Waals surface area contributed by atoms with E-state index < -0.39 is 0 Å². The van der Waals surface area contributed by atoms with Gasteiger partial charge in [0.2, 0.25) is 5.91 Å². The number of anilines is 2. The molecule has 0 radical (unpaired) electrons. The minimum absolute atomic E-state index is 0.0379. The van der Waals surface area contributed by atoms with Crippen molar-refractivity contribution < 1.29 is 9.53 Å². The van der Waals surface area contributed by atoms with E-state index in [0.29, 0.717) is 6.42 Å². The van der Waals surface area contributed by atoms with Crippen molar-refractivity contribution in [2.75, 3.05) is 30.4 Å². The van der Waals surface area contributed by atoms with Gasteiger partial charge < -0.3 is 15.0 Å². The number of piperidine rings is 1. The Kier molecular flexibility index (Phi) is 5.59. The summed E-state index contributed by atoms with van der Waals surface area (Å²) in [5.41, 5.74) is 2.95. The number of hydrogen-bond donors (Lipinski definition) is 1. The third-order valence-electron chi connectivity index (χ3n) is 4.84. The highest BCUT2D eigenvalue weighted by Gasteiger charge is 2.16. The Bertz CT molecular complexity index is 704. The van der Waals surface area contributed by atoms with E-state index in [0.717, 1.165) is 36.0 Å². The average molecular weight is 338 g/mol. The van der Waals surface area contributed by atoms with Crippen LogP contribution in [-0.4, -0.2) is 26.1 Å². The quantitative estimate of drug-likeness (QED) is 0.892. The number of carbonyl (C=O) groups is 1. The number of methoxy groups -OCH3 is 1. The van der Waals surface area contributed by atoms with Crippen LogP contribution in [0.5, 0.6) is 5.75 Å². The molecule has 2 aromatic rings. The summed E-state index contributed by atoms with van der Waals surface area (Å²) in [5, 5.41) is 2.97. The van der Waals surface area contributed by atoms with Crippen molar-refractivity contribution in [1.29, 1.82) is 0 Å². The summed E-state index contributed by atoms with van der Waals surface area (Å²) in [5.74, 6) is 1.53. The molecule has 0 spiro atoms. The van der Waals surface area contributed by atoms with Crippen LogP contribution in [0.15, 0.2) is 48.5 Å². The maximum Gasteiger partial charge on any atom is 0.228 e. The molecule has 0 aromatic heterocycles. The van der Waals surface area contributed by atoms with Crippen molar-refractivity contribution in [3.63, 3.8) is 0 Å². The van der Waals surface area contributed by atoms with Gasteiger partial charge in [-0.05, 0) is 49.1 Å². The number of para-hydroxylation sites is 1. The molecular weight excluding hydrogens is 312 g/mol. The van der Waals surface area contributed by atoms with Gasteiger partial charge in [-0.2, -0.15) is 0 Å². The molecule has 2 aromatic carbocycles. The van der Waals surface area contributed by atoms with Gasteiger partial charge >= 0.3 is 0 Å². The zero-order chi connectivity index (χ0) is 17.6. The summed E-state index contributed by atoms with van der Waals surface area (Å²) in [6.45, 7) is 4.54. The number of amides is 1. The SMILES string of the molecule is COc1ccccc1CC(=O)Nc1ccc(N2CCC(C)CC2)cc1. The lowest BCUT2D eigenvalue weighted by molar-refractivity contribution is -0.115. The molecule has 0 aliphatic carbocycles. The Labute approximate surface area is 149 Å². The topological polar surface area (TPSA) is 41.6 Å². The number of rotatable bonds is 5. The molecule has 1 heterocycles. The molecule has 4 heteroatoms. The van der Waals surface area contributed by atoms with Crippen LogP contribution >= 0.6 is 0 Å². The Hall–Kier alpha value is -2.49. The molecule has 0 atom stereocenters. The maximum absolute atomic E-state index is 12.3. The average Bonchev–Trinajstić information content (AvgIpc) is 2.63. The smallest absolute Gasteiger partial charge is 0.228 e. The van der Waals surface area contributed by atoms with Gasteiger partial charge in [0, 0.05) is 30.0 Å². The number of benzene rings is 2. The first-order valence-electron chi connectivity index (χ1n) is 8.92. The van der Waals surface area contributed by atoms with Gasteiger partial charge in [0.1, 0.15) is 5.75 Å². The fourth-order valence-electron chi connectivity index (χ4n) is 3.25. The third kappa shape index (κ3) is 4.53. The number of hydrogen-bond acceptors (Lipinski definition) is 3. The normalized spacial score (nSPS) is 15.0. The lowest BCUT2D eigenvalue weighted by Gasteiger charge is -2.32. The van der Waals surface area contributed by atoms with E-state index in [4.69, 9.17) is 4.74 Å². The standard InChI is InChI=1S/C21H26N2O2/c1-16-11-13-23(14-12-16)19-9-7-18(8-10-19)22-21(24)15-17-5-3-4-6-20(17)25-2/h3-10,16H,11-15H2,1-2H3,(H,22,24). The van der Waals surface area contributed by atoms with Gasteiger partial charge in [0.15, 0.2) is 0 Å². The van der Waals surface area contributed by atoms with E-state index in [9.17, 15) is 4.79 Å². The molecule has 0 bridgehead atoms. The lowest BCUT2D eigenvalue weighted by Crippen LogP contribution is -2.32. The second kappa shape index (κ2) is 8.06. The molecule has 0 saturated carbocycles. The first-order valence-corrected chi connectivity index (χ1v) is 8.92. The second-order valence-corrected chi connectivity index (χ2v) is 6.75. The van der Waals surface area contributed by atoms with Gasteiger partial charge in [-0.3, -0.25) is 4.79 Å². The second-order valence-electron chi connectivity index (χ2n) is 6.75. The van der Waals surface area contributed by atoms with Crippen molar-refractivity contribution in [2.24, 2.45) is 5.92 Å². The summed E-state index contributed by atoms with van der Waals surface area (Å²) in [6, 6.07) is 15.7. The summed E-state index contributed by atoms with van der Waals surface area (Å²) in [4.78, 5) is 14.7. The first-order chi connectivity index (χ1) is 12.2. The van der Waals surface area contributed by atoms with Crippen LogP contribution < -0.4 is 15.0 Å². The van der Waals surface area contributed by atoms with Gasteiger partial charge in [-0.25, -0.2) is 0 Å². The summed E-state index contributed by atoms with van der Waals surface area (Å²) < 4.78 is 5.30. The van der Waals surface area contributed by atoms with E-state index in [2.05, 4.69) is 29.3 Å². The van der Waals surface area contributed by atoms with Crippen LogP contribution in [0, 0.1) is 5.92 Å². The Morgan fingerprint density at radius 1 is 1.12 bits per heavy atom. The minimum atomic E-state index is -0.0379. The Balaban J connectivity index is 1.58. The molecule has 1 saturated heterocycles. The Morgan fingerprint density at radius 2 is 1.80 bits per heavy atom. The molecule has 1 aliphatic rings. The predicted octanol–water partition coefficient (Wildman–Crippen LogP) is 4.11. The molecule has 1 fully saturated rings. The maximum atomic E-state index is 12.3. The third-order valence-corrected chi connectivity index (χ3v) is 4.84. The highest BCUT2D eigenvalue weighted by molar-refractivity contribution is 5.92. The van der Waals surface area contributed by atoms with Crippen molar-refractivity contribution in [2.45, 2.75) is 26.2 Å². The molecule has 25 heavy (non-hydrogen) atoms. The van der Waals surface area contributed by atoms with Crippen LogP contribution in [0.1, 0.15) is 25.3 Å². The van der Waals surface area contributed by atoms with Crippen molar-refractivity contribution in [3.05, 3.63) is 54.1 Å². The molecule has 132 valence electrons. The van der Waals surface area contributed by atoms with Crippen molar-refractivity contribution in [1.82, 2.24) is 0 Å². The van der Waals surface area contributed by atoms with Gasteiger partial charge in [0.25, 0.3) is 0 Å². The fraction of sp³-hybridized carbons (Fsp3) is 0.381. The highest BCUT2D eigenvalue weighted by Crippen LogP contribution is 2.24. The largest absolute Gasteiger partial charge is 0.496 e. The van der Waals surface area contributed by atoms with E-state index in [1.807, 2.05) is 36.4 Å². The van der Waals surface area contributed by atoms with E-state index in [-0.39, 0.29) is 5.91 Å². The van der Waals surface area contributed by atoms with E-state index in [1.54, 1.807) is 7.11 Å². The van der Waals surface area contributed by atoms with Crippen LogP contribution in [-0.2, 0) is 11.2 Å². The summed E-state index contributed by atoms with van der Waals surface area (Å²) in [6.07, 6.45) is 2.80. The predicted molar refractivity (Wildman–Crippen MR) is 102 cm³/mol. The highest BCUT2D eigenvalue weighted by atomic mass is 16.5. The number of ether oxygens (including phenoxy) is 1. The molecular formula is C21H26N2O2. The van der Waals surface area contributed by atoms with E-state index >= 15 is 0 Å². The zero-order valence-corrected chi connectivity index (χ0v) is 15.0. The Morgan fingerprint density at radius 3 is 2.48 bits per heavy atom.